The molecular formula is C21H26N4O5S3. The summed E-state index contributed by atoms with van der Waals surface area (Å²) in [7, 11) is -1.42. The highest BCUT2D eigenvalue weighted by Gasteiger charge is 2.36. The second-order valence-corrected chi connectivity index (χ2v) is 12.3. The second-order valence-electron chi connectivity index (χ2n) is 7.69. The number of carbonyl (C=O) groups excluding carboxylic acids is 1. The fourth-order valence-corrected chi connectivity index (χ4v) is 6.67. The summed E-state index contributed by atoms with van der Waals surface area (Å²) in [5.74, 6) is 0.416. The fraction of sp³-hybridized carbons (Fsp3) is 0.476. The van der Waals surface area contributed by atoms with Crippen molar-refractivity contribution in [3.05, 3.63) is 36.0 Å². The van der Waals surface area contributed by atoms with Gasteiger partial charge in [0.1, 0.15) is 0 Å². The number of thioether (sulfide) groups is 1. The highest BCUT2D eigenvalue weighted by atomic mass is 32.2. The number of ether oxygens (including phenoxy) is 1. The molecule has 1 aromatic carbocycles. The van der Waals surface area contributed by atoms with E-state index >= 15 is 0 Å². The molecule has 2 N–H and O–H groups in total. The highest BCUT2D eigenvalue weighted by Crippen LogP contribution is 2.33. The van der Waals surface area contributed by atoms with Crippen molar-refractivity contribution >= 4 is 49.7 Å². The lowest BCUT2D eigenvalue weighted by molar-refractivity contribution is -0.110. The van der Waals surface area contributed by atoms with Crippen molar-refractivity contribution in [3.63, 3.8) is 0 Å². The van der Waals surface area contributed by atoms with Crippen LogP contribution in [0.3, 0.4) is 0 Å². The van der Waals surface area contributed by atoms with Crippen molar-refractivity contribution < 1.29 is 22.8 Å². The van der Waals surface area contributed by atoms with Crippen LogP contribution in [0, 0.1) is 0 Å². The monoisotopic (exact) mass is 510 g/mol. The third-order valence-electron chi connectivity index (χ3n) is 5.12. The average Bonchev–Trinajstić information content (AvgIpc) is 3.39. The van der Waals surface area contributed by atoms with Crippen LogP contribution in [0.5, 0.6) is 0 Å². The number of sulfone groups is 1. The van der Waals surface area contributed by atoms with Crippen LogP contribution in [-0.2, 0) is 24.2 Å². The van der Waals surface area contributed by atoms with Crippen molar-refractivity contribution in [1.82, 2.24) is 10.3 Å². The van der Waals surface area contributed by atoms with E-state index in [4.69, 9.17) is 9.57 Å². The number of rotatable bonds is 11. The molecule has 12 heteroatoms. The van der Waals surface area contributed by atoms with Crippen LogP contribution in [0.25, 0.3) is 0 Å². The molecule has 1 aliphatic heterocycles. The molecule has 9 nitrogen and oxygen atoms in total. The van der Waals surface area contributed by atoms with Gasteiger partial charge in [-0.15, -0.1) is 11.8 Å². The van der Waals surface area contributed by atoms with E-state index in [0.717, 1.165) is 16.5 Å². The van der Waals surface area contributed by atoms with Gasteiger partial charge in [0.15, 0.2) is 26.8 Å². The molecule has 1 aromatic heterocycles. The standard InChI is InChI=1S/C21H26N4O5S3/c1-22-9-11-31-18-12-23-21(32-18)24-20(26)19(25-30-15-8-10-29-13-15)14-2-4-16(5-3-14)33(27,28)17-6-7-17/h2-5,12,15,17,22H,6-11,13H2,1H3,(H,23,24,26)/b25-19+/t15-/m1/s1. The van der Waals surface area contributed by atoms with Crippen LogP contribution < -0.4 is 10.6 Å². The van der Waals surface area contributed by atoms with E-state index in [1.54, 1.807) is 30.1 Å². The lowest BCUT2D eigenvalue weighted by Gasteiger charge is -2.10. The number of oxime groups is 1. The predicted molar refractivity (Wildman–Crippen MR) is 129 cm³/mol. The molecule has 2 aliphatic rings. The Hall–Kier alpha value is -1.99. The average molecular weight is 511 g/mol. The van der Waals surface area contributed by atoms with Crippen molar-refractivity contribution in [1.29, 1.82) is 0 Å². The van der Waals surface area contributed by atoms with Gasteiger partial charge >= 0.3 is 0 Å². The smallest absolute Gasteiger partial charge is 0.280 e. The van der Waals surface area contributed by atoms with Crippen molar-refractivity contribution in [2.24, 2.45) is 5.16 Å². The first kappa shape index (κ1) is 24.1. The molecule has 33 heavy (non-hydrogen) atoms. The zero-order valence-electron chi connectivity index (χ0n) is 18.2. The van der Waals surface area contributed by atoms with Gasteiger partial charge in [-0.3, -0.25) is 10.1 Å². The summed E-state index contributed by atoms with van der Waals surface area (Å²) in [6, 6.07) is 6.21. The minimum Gasteiger partial charge on any atom is -0.389 e. The molecule has 2 aromatic rings. The number of carbonyl (C=O) groups is 1. The summed E-state index contributed by atoms with van der Waals surface area (Å²) in [6.07, 6.45) is 3.58. The lowest BCUT2D eigenvalue weighted by atomic mass is 10.1. The molecule has 0 unspecified atom stereocenters. The number of hydrogen-bond acceptors (Lipinski definition) is 10. The summed E-state index contributed by atoms with van der Waals surface area (Å²) in [4.78, 5) is 23.1. The van der Waals surface area contributed by atoms with Crippen LogP contribution in [-0.4, -0.2) is 68.9 Å². The Morgan fingerprint density at radius 3 is 2.76 bits per heavy atom. The quantitative estimate of drug-likeness (QED) is 0.205. The van der Waals surface area contributed by atoms with Crippen LogP contribution in [0.2, 0.25) is 0 Å². The topological polar surface area (TPSA) is 119 Å². The molecule has 0 bridgehead atoms. The number of amides is 1. The Kier molecular flexibility index (Phi) is 8.02. The Morgan fingerprint density at radius 1 is 1.30 bits per heavy atom. The molecule has 2 fully saturated rings. The summed E-state index contributed by atoms with van der Waals surface area (Å²) < 4.78 is 31.3. The number of hydrogen-bond donors (Lipinski definition) is 2. The van der Waals surface area contributed by atoms with Gasteiger partial charge in [-0.2, -0.15) is 0 Å². The first-order valence-electron chi connectivity index (χ1n) is 10.7. The maximum absolute atomic E-state index is 13.1. The van der Waals surface area contributed by atoms with E-state index in [-0.39, 0.29) is 22.0 Å². The third kappa shape index (κ3) is 6.33. The summed E-state index contributed by atoms with van der Waals surface area (Å²) >= 11 is 3.03. The zero-order valence-corrected chi connectivity index (χ0v) is 20.6. The first-order chi connectivity index (χ1) is 16.0. The maximum atomic E-state index is 13.1. The fourth-order valence-electron chi connectivity index (χ4n) is 3.12. The van der Waals surface area contributed by atoms with E-state index < -0.39 is 15.7 Å². The largest absolute Gasteiger partial charge is 0.389 e. The second kappa shape index (κ2) is 11.0. The molecule has 1 aliphatic carbocycles. The summed E-state index contributed by atoms with van der Waals surface area (Å²) in [5, 5.41) is 10.1. The summed E-state index contributed by atoms with van der Waals surface area (Å²) in [6.45, 7) is 1.87. The van der Waals surface area contributed by atoms with E-state index in [0.29, 0.717) is 43.2 Å². The van der Waals surface area contributed by atoms with Crippen molar-refractivity contribution in [2.75, 3.05) is 37.9 Å². The molecule has 4 rings (SSSR count). The SMILES string of the molecule is CNCCSc1cnc(NC(=O)/C(=N/O[C@@H]2CCOC2)c2ccc(S(=O)(=O)C3CC3)cc2)s1. The highest BCUT2D eigenvalue weighted by molar-refractivity contribution is 8.01. The van der Waals surface area contributed by atoms with Crippen molar-refractivity contribution in [2.45, 2.75) is 39.7 Å². The van der Waals surface area contributed by atoms with E-state index in [1.165, 1.54) is 23.5 Å². The van der Waals surface area contributed by atoms with Gasteiger partial charge < -0.3 is 14.9 Å². The number of thiazole rings is 1. The molecular weight excluding hydrogens is 484 g/mol. The van der Waals surface area contributed by atoms with Gasteiger partial charge in [-0.05, 0) is 32.0 Å². The minimum atomic E-state index is -3.31. The molecule has 0 radical (unpaired) electrons. The summed E-state index contributed by atoms with van der Waals surface area (Å²) in [5.41, 5.74) is 0.512. The molecule has 2 heterocycles. The molecule has 0 spiro atoms. The number of nitrogens with zero attached hydrogens (tertiary/aromatic N) is 2. The number of anilines is 1. The Morgan fingerprint density at radius 2 is 2.09 bits per heavy atom. The van der Waals surface area contributed by atoms with Gasteiger partial charge in [-0.1, -0.05) is 28.6 Å². The van der Waals surface area contributed by atoms with Gasteiger partial charge in [0.05, 0.1) is 33.8 Å². The van der Waals surface area contributed by atoms with Gasteiger partial charge in [0, 0.05) is 24.3 Å². The van der Waals surface area contributed by atoms with Gasteiger partial charge in [-0.25, -0.2) is 13.4 Å². The molecule has 1 saturated carbocycles. The molecule has 1 amide bonds. The van der Waals surface area contributed by atoms with Crippen LogP contribution in [0.4, 0.5) is 5.13 Å². The van der Waals surface area contributed by atoms with Crippen LogP contribution >= 0.6 is 23.1 Å². The van der Waals surface area contributed by atoms with Crippen molar-refractivity contribution in [3.8, 4) is 0 Å². The number of aromatic nitrogens is 1. The van der Waals surface area contributed by atoms with Gasteiger partial charge in [0.2, 0.25) is 0 Å². The maximum Gasteiger partial charge on any atom is 0.280 e. The third-order valence-corrected chi connectivity index (χ3v) is 9.50. The normalized spacial score (nSPS) is 18.9. The molecule has 1 saturated heterocycles. The number of nitrogens with one attached hydrogen (secondary N) is 2. The Balaban J connectivity index is 1.50. The van der Waals surface area contributed by atoms with E-state index in [2.05, 4.69) is 20.8 Å². The Bertz CT molecular complexity index is 1090. The molecule has 1 atom stereocenters. The van der Waals surface area contributed by atoms with Crippen LogP contribution in [0.15, 0.2) is 44.7 Å². The first-order valence-corrected chi connectivity index (χ1v) is 14.0. The van der Waals surface area contributed by atoms with Gasteiger partial charge in [0.25, 0.3) is 5.91 Å². The predicted octanol–water partition coefficient (Wildman–Crippen LogP) is 2.54. The zero-order chi connectivity index (χ0) is 23.3. The van der Waals surface area contributed by atoms with E-state index in [1.807, 2.05) is 7.05 Å². The van der Waals surface area contributed by atoms with E-state index in [9.17, 15) is 13.2 Å². The lowest BCUT2D eigenvalue weighted by Crippen LogP contribution is -2.25. The Labute approximate surface area is 201 Å². The van der Waals surface area contributed by atoms with Crippen LogP contribution in [0.1, 0.15) is 24.8 Å². The minimum absolute atomic E-state index is 0.0526. The number of benzene rings is 1. The molecule has 178 valence electrons.